The van der Waals surface area contributed by atoms with Crippen LogP contribution in [0.1, 0.15) is 62.4 Å². The number of Topliss-reactive ketones (excluding diaryl/α,β-unsaturated/α-hetero) is 1. The standard InChI is InChI=1S/C33H32ClN3O4S2/c1-5-18-41-25-16-10-22(11-17-25)28(38)26-27(21-8-12-23(13-9-21)33(2,3)4)37(30(40)29(26)39)31-35-36-32(43-31)42-19-20-6-14-24(34)15-7-20/h6-17,27,38H,5,18-19H2,1-4H3/b28-26-. The van der Waals surface area contributed by atoms with E-state index in [0.717, 1.165) is 17.5 Å². The summed E-state index contributed by atoms with van der Waals surface area (Å²) in [6.45, 7) is 8.95. The summed E-state index contributed by atoms with van der Waals surface area (Å²) in [5, 5.41) is 21.0. The minimum atomic E-state index is -0.882. The van der Waals surface area contributed by atoms with Gasteiger partial charge in [-0.2, -0.15) is 0 Å². The molecule has 1 atom stereocenters. The summed E-state index contributed by atoms with van der Waals surface area (Å²) in [4.78, 5) is 28.5. The maximum absolute atomic E-state index is 13.6. The second-order valence-corrected chi connectivity index (χ2v) is 13.8. The third kappa shape index (κ3) is 6.79. The molecule has 1 aliphatic rings. The lowest BCUT2D eigenvalue weighted by molar-refractivity contribution is -0.132. The van der Waals surface area contributed by atoms with E-state index >= 15 is 0 Å². The number of halogens is 1. The summed E-state index contributed by atoms with van der Waals surface area (Å²) in [6, 6.07) is 21.3. The fourth-order valence-corrected chi connectivity index (χ4v) is 6.63. The van der Waals surface area contributed by atoms with Crippen LogP contribution in [0.2, 0.25) is 5.02 Å². The molecule has 1 fully saturated rings. The SMILES string of the molecule is CCCOc1ccc(/C(O)=C2/C(=O)C(=O)N(c3nnc(SCc4ccc(Cl)cc4)s3)C2c2ccc(C(C)(C)C)cc2)cc1. The van der Waals surface area contributed by atoms with E-state index in [-0.39, 0.29) is 21.9 Å². The predicted octanol–water partition coefficient (Wildman–Crippen LogP) is 8.20. The van der Waals surface area contributed by atoms with Gasteiger partial charge in [0.2, 0.25) is 5.13 Å². The molecule has 1 N–H and O–H groups in total. The van der Waals surface area contributed by atoms with Crippen molar-refractivity contribution in [3.8, 4) is 5.75 Å². The van der Waals surface area contributed by atoms with Gasteiger partial charge in [0.05, 0.1) is 18.2 Å². The lowest BCUT2D eigenvalue weighted by atomic mass is 9.85. The Morgan fingerprint density at radius 1 is 1.00 bits per heavy atom. The molecule has 5 rings (SSSR count). The smallest absolute Gasteiger partial charge is 0.301 e. The first-order valence-electron chi connectivity index (χ1n) is 13.9. The topological polar surface area (TPSA) is 92.6 Å². The van der Waals surface area contributed by atoms with Gasteiger partial charge in [-0.3, -0.25) is 14.5 Å². The average Bonchev–Trinajstić information content (AvgIpc) is 3.57. The summed E-state index contributed by atoms with van der Waals surface area (Å²) in [5.41, 5.74) is 3.18. The quantitative estimate of drug-likeness (QED) is 0.0653. The second-order valence-electron chi connectivity index (χ2n) is 11.2. The molecule has 3 aromatic carbocycles. The van der Waals surface area contributed by atoms with Crippen molar-refractivity contribution in [2.75, 3.05) is 11.5 Å². The van der Waals surface area contributed by atoms with Crippen molar-refractivity contribution in [2.24, 2.45) is 0 Å². The Kier molecular flexibility index (Phi) is 9.25. The number of aliphatic hydroxyl groups is 1. The molecule has 1 aromatic heterocycles. The molecule has 222 valence electrons. The fraction of sp³-hybridized carbons (Fsp3) is 0.273. The highest BCUT2D eigenvalue weighted by Crippen LogP contribution is 2.44. The number of hydrogen-bond acceptors (Lipinski definition) is 8. The first-order chi connectivity index (χ1) is 20.6. The van der Waals surface area contributed by atoms with Gasteiger partial charge < -0.3 is 9.84 Å². The van der Waals surface area contributed by atoms with E-state index in [1.54, 1.807) is 24.3 Å². The number of ether oxygens (including phenoxy) is 1. The van der Waals surface area contributed by atoms with E-state index in [1.807, 2.05) is 55.5 Å². The minimum Gasteiger partial charge on any atom is -0.507 e. The van der Waals surface area contributed by atoms with E-state index in [4.69, 9.17) is 16.3 Å². The number of aliphatic hydroxyl groups excluding tert-OH is 1. The number of carbonyl (C=O) groups excluding carboxylic acids is 2. The van der Waals surface area contributed by atoms with Crippen molar-refractivity contribution in [3.05, 3.63) is 106 Å². The van der Waals surface area contributed by atoms with E-state index in [0.29, 0.717) is 38.6 Å². The molecule has 0 radical (unpaired) electrons. The van der Waals surface area contributed by atoms with Crippen molar-refractivity contribution in [1.29, 1.82) is 0 Å². The zero-order chi connectivity index (χ0) is 30.7. The maximum atomic E-state index is 13.6. The highest BCUT2D eigenvalue weighted by atomic mass is 35.5. The third-order valence-corrected chi connectivity index (χ3v) is 9.39. The number of ketones is 1. The molecule has 7 nitrogen and oxygen atoms in total. The monoisotopic (exact) mass is 633 g/mol. The first kappa shape index (κ1) is 30.8. The van der Waals surface area contributed by atoms with Crippen LogP contribution in [0, 0.1) is 0 Å². The van der Waals surface area contributed by atoms with Crippen LogP contribution in [0.15, 0.2) is 82.7 Å². The Balaban J connectivity index is 1.52. The maximum Gasteiger partial charge on any atom is 0.301 e. The largest absolute Gasteiger partial charge is 0.507 e. The van der Waals surface area contributed by atoms with Gasteiger partial charge in [-0.05, 0) is 64.9 Å². The molecule has 0 aliphatic carbocycles. The van der Waals surface area contributed by atoms with E-state index in [2.05, 4.69) is 31.0 Å². The number of nitrogens with zero attached hydrogens (tertiary/aromatic N) is 3. The van der Waals surface area contributed by atoms with E-state index in [1.165, 1.54) is 28.0 Å². The summed E-state index contributed by atoms with van der Waals surface area (Å²) < 4.78 is 6.31. The highest BCUT2D eigenvalue weighted by Gasteiger charge is 2.48. The van der Waals surface area contributed by atoms with Crippen LogP contribution >= 0.6 is 34.7 Å². The van der Waals surface area contributed by atoms with Gasteiger partial charge in [-0.25, -0.2) is 0 Å². The summed E-state index contributed by atoms with van der Waals surface area (Å²) in [6.07, 6.45) is 0.867. The van der Waals surface area contributed by atoms with Gasteiger partial charge in [-0.15, -0.1) is 10.2 Å². The molecule has 1 aliphatic heterocycles. The molecule has 1 amide bonds. The van der Waals surface area contributed by atoms with Crippen LogP contribution in [-0.2, 0) is 20.8 Å². The number of amides is 1. The Hall–Kier alpha value is -3.66. The van der Waals surface area contributed by atoms with Gasteiger partial charge in [0.25, 0.3) is 5.78 Å². The van der Waals surface area contributed by atoms with Gasteiger partial charge in [0, 0.05) is 16.3 Å². The Morgan fingerprint density at radius 3 is 2.30 bits per heavy atom. The van der Waals surface area contributed by atoms with Crippen LogP contribution in [0.25, 0.3) is 5.76 Å². The number of carbonyl (C=O) groups is 2. The van der Waals surface area contributed by atoms with Crippen LogP contribution in [0.4, 0.5) is 5.13 Å². The van der Waals surface area contributed by atoms with Crippen LogP contribution < -0.4 is 9.64 Å². The Labute approximate surface area is 264 Å². The van der Waals surface area contributed by atoms with Crippen LogP contribution in [0.5, 0.6) is 5.75 Å². The molecular weight excluding hydrogens is 602 g/mol. The molecule has 0 saturated carbocycles. The first-order valence-corrected chi connectivity index (χ1v) is 16.1. The second kappa shape index (κ2) is 12.9. The number of anilines is 1. The van der Waals surface area contributed by atoms with Crippen molar-refractivity contribution in [1.82, 2.24) is 10.2 Å². The molecule has 1 unspecified atom stereocenters. The van der Waals surface area contributed by atoms with Crippen molar-refractivity contribution >= 4 is 57.3 Å². The number of aromatic nitrogens is 2. The number of rotatable bonds is 9. The number of thioether (sulfide) groups is 1. The number of benzene rings is 3. The van der Waals surface area contributed by atoms with Crippen LogP contribution in [0.3, 0.4) is 0 Å². The van der Waals surface area contributed by atoms with Crippen molar-refractivity contribution < 1.29 is 19.4 Å². The molecule has 4 aromatic rings. The molecule has 43 heavy (non-hydrogen) atoms. The summed E-state index contributed by atoms with van der Waals surface area (Å²) in [7, 11) is 0. The molecule has 0 bridgehead atoms. The lowest BCUT2D eigenvalue weighted by Gasteiger charge is -2.24. The zero-order valence-corrected chi connectivity index (χ0v) is 26.7. The van der Waals surface area contributed by atoms with Gasteiger partial charge >= 0.3 is 5.91 Å². The molecule has 0 spiro atoms. The summed E-state index contributed by atoms with van der Waals surface area (Å²) >= 11 is 8.71. The Morgan fingerprint density at radius 2 is 1.67 bits per heavy atom. The average molecular weight is 634 g/mol. The lowest BCUT2D eigenvalue weighted by Crippen LogP contribution is -2.29. The van der Waals surface area contributed by atoms with E-state index < -0.39 is 17.7 Å². The van der Waals surface area contributed by atoms with Gasteiger partial charge in [-0.1, -0.05) is 98.8 Å². The predicted molar refractivity (Wildman–Crippen MR) is 173 cm³/mol. The third-order valence-electron chi connectivity index (χ3n) is 7.01. The molecule has 10 heteroatoms. The minimum absolute atomic E-state index is 0.00121. The van der Waals surface area contributed by atoms with Gasteiger partial charge in [0.15, 0.2) is 4.34 Å². The normalized spacial score (nSPS) is 16.6. The van der Waals surface area contributed by atoms with Crippen LogP contribution in [-0.4, -0.2) is 33.6 Å². The molecular formula is C33H32ClN3O4S2. The Bertz CT molecular complexity index is 1640. The van der Waals surface area contributed by atoms with Gasteiger partial charge in [0.1, 0.15) is 11.5 Å². The zero-order valence-electron chi connectivity index (χ0n) is 24.3. The van der Waals surface area contributed by atoms with E-state index in [9.17, 15) is 14.7 Å². The molecule has 1 saturated heterocycles. The van der Waals surface area contributed by atoms with Crippen molar-refractivity contribution in [2.45, 2.75) is 55.7 Å². The van der Waals surface area contributed by atoms with Crippen molar-refractivity contribution in [3.63, 3.8) is 0 Å². The highest BCUT2D eigenvalue weighted by molar-refractivity contribution is 8.00. The fourth-order valence-electron chi connectivity index (χ4n) is 4.68. The molecule has 2 heterocycles. The summed E-state index contributed by atoms with van der Waals surface area (Å²) in [5.74, 6) is -0.500. The number of hydrogen-bond donors (Lipinski definition) is 1.